The first-order chi connectivity index (χ1) is 17.4. The summed E-state index contributed by atoms with van der Waals surface area (Å²) in [6, 6.07) is 10.2. The molecule has 2 rings (SSSR count). The summed E-state index contributed by atoms with van der Waals surface area (Å²) >= 11 is 0. The second-order valence-electron chi connectivity index (χ2n) is 9.82. The van der Waals surface area contributed by atoms with Gasteiger partial charge in [-0.3, -0.25) is 9.59 Å². The Morgan fingerprint density at radius 3 is 2.24 bits per heavy atom. The summed E-state index contributed by atoms with van der Waals surface area (Å²) in [6.07, 6.45) is -0.282. The van der Waals surface area contributed by atoms with Gasteiger partial charge in [0.15, 0.2) is 0 Å². The van der Waals surface area contributed by atoms with Crippen LogP contribution in [0.1, 0.15) is 56.8 Å². The standard InChI is InChI=1S/C28H39N3O6/c1-8-16-31(26(34)23(17-32)30-27(35)37-28(4,5)6)24(22-11-9-10-18(2)19(22)3)25(33)29-20-12-14-21(36-7)15-13-20/h9-15,23-24,32H,8,16-17H2,1-7H3,(H,29,33)(H,30,35). The van der Waals surface area contributed by atoms with Gasteiger partial charge in [-0.1, -0.05) is 25.1 Å². The Labute approximate surface area is 219 Å². The lowest BCUT2D eigenvalue weighted by Gasteiger charge is -2.34. The van der Waals surface area contributed by atoms with Crippen molar-refractivity contribution in [3.63, 3.8) is 0 Å². The number of carbonyl (C=O) groups is 3. The van der Waals surface area contributed by atoms with E-state index in [9.17, 15) is 19.5 Å². The lowest BCUT2D eigenvalue weighted by Crippen LogP contribution is -2.54. The number of carbonyl (C=O) groups excluding carboxylic acids is 3. The molecule has 2 aromatic carbocycles. The SMILES string of the molecule is CCCN(C(=O)C(CO)NC(=O)OC(C)(C)C)C(C(=O)Nc1ccc(OC)cc1)c1cccc(C)c1C. The molecular formula is C28H39N3O6. The Balaban J connectivity index is 2.48. The molecule has 2 aromatic rings. The number of amides is 3. The summed E-state index contributed by atoms with van der Waals surface area (Å²) in [5, 5.41) is 15.4. The molecule has 0 fully saturated rings. The molecule has 2 unspecified atom stereocenters. The van der Waals surface area contributed by atoms with E-state index >= 15 is 0 Å². The van der Waals surface area contributed by atoms with Gasteiger partial charge in [-0.15, -0.1) is 0 Å². The summed E-state index contributed by atoms with van der Waals surface area (Å²) in [6.45, 7) is 10.4. The molecular weight excluding hydrogens is 474 g/mol. The van der Waals surface area contributed by atoms with E-state index in [2.05, 4.69) is 10.6 Å². The fourth-order valence-corrected chi connectivity index (χ4v) is 3.85. The highest BCUT2D eigenvalue weighted by atomic mass is 16.6. The molecule has 0 aliphatic heterocycles. The van der Waals surface area contributed by atoms with Crippen LogP contribution in [-0.4, -0.2) is 59.8 Å². The molecule has 0 bridgehead atoms. The van der Waals surface area contributed by atoms with Gasteiger partial charge in [-0.25, -0.2) is 4.79 Å². The van der Waals surface area contributed by atoms with E-state index < -0.39 is 42.2 Å². The Bertz CT molecular complexity index is 1080. The quantitative estimate of drug-likeness (QED) is 0.440. The van der Waals surface area contributed by atoms with E-state index in [1.165, 1.54) is 4.90 Å². The van der Waals surface area contributed by atoms with Crippen LogP contribution in [-0.2, 0) is 14.3 Å². The first-order valence-corrected chi connectivity index (χ1v) is 12.3. The fraction of sp³-hybridized carbons (Fsp3) is 0.464. The predicted molar refractivity (Wildman–Crippen MR) is 143 cm³/mol. The van der Waals surface area contributed by atoms with Crippen molar-refractivity contribution in [3.8, 4) is 5.75 Å². The fourth-order valence-electron chi connectivity index (χ4n) is 3.85. The Hall–Kier alpha value is -3.59. The number of alkyl carbamates (subject to hydrolysis) is 1. The molecule has 3 amide bonds. The molecule has 37 heavy (non-hydrogen) atoms. The van der Waals surface area contributed by atoms with Gasteiger partial charge >= 0.3 is 6.09 Å². The molecule has 3 N–H and O–H groups in total. The van der Waals surface area contributed by atoms with Crippen LogP contribution in [0, 0.1) is 13.8 Å². The highest BCUT2D eigenvalue weighted by Crippen LogP contribution is 2.29. The number of hydrogen-bond donors (Lipinski definition) is 3. The number of hydrogen-bond acceptors (Lipinski definition) is 6. The zero-order valence-electron chi connectivity index (χ0n) is 22.8. The van der Waals surface area contributed by atoms with Crippen molar-refractivity contribution in [3.05, 3.63) is 59.2 Å². The lowest BCUT2D eigenvalue weighted by molar-refractivity contribution is -0.141. The van der Waals surface area contributed by atoms with E-state index in [1.807, 2.05) is 39.0 Å². The maximum absolute atomic E-state index is 13.8. The zero-order valence-corrected chi connectivity index (χ0v) is 22.8. The van der Waals surface area contributed by atoms with Gasteiger partial charge in [-0.2, -0.15) is 0 Å². The average molecular weight is 514 g/mol. The van der Waals surface area contributed by atoms with Crippen LogP contribution < -0.4 is 15.4 Å². The van der Waals surface area contributed by atoms with Gasteiger partial charge in [0.05, 0.1) is 13.7 Å². The Morgan fingerprint density at radius 2 is 1.70 bits per heavy atom. The van der Waals surface area contributed by atoms with E-state index in [1.54, 1.807) is 52.1 Å². The molecule has 0 saturated heterocycles. The number of nitrogens with zero attached hydrogens (tertiary/aromatic N) is 1. The topological polar surface area (TPSA) is 117 Å². The number of methoxy groups -OCH3 is 1. The highest BCUT2D eigenvalue weighted by Gasteiger charge is 2.36. The third-order valence-electron chi connectivity index (χ3n) is 5.78. The molecule has 2 atom stereocenters. The maximum Gasteiger partial charge on any atom is 0.408 e. The van der Waals surface area contributed by atoms with Crippen LogP contribution >= 0.6 is 0 Å². The average Bonchev–Trinajstić information content (AvgIpc) is 2.83. The van der Waals surface area contributed by atoms with Crippen molar-refractivity contribution in [2.24, 2.45) is 0 Å². The van der Waals surface area contributed by atoms with E-state index in [4.69, 9.17) is 9.47 Å². The van der Waals surface area contributed by atoms with Gasteiger partial charge in [0.2, 0.25) is 5.91 Å². The third-order valence-corrected chi connectivity index (χ3v) is 5.78. The number of rotatable bonds is 10. The van der Waals surface area contributed by atoms with Gasteiger partial charge in [0.1, 0.15) is 23.4 Å². The molecule has 0 radical (unpaired) electrons. The molecule has 0 spiro atoms. The first kappa shape index (κ1) is 29.6. The van der Waals surface area contributed by atoms with E-state index in [0.29, 0.717) is 23.4 Å². The summed E-state index contributed by atoms with van der Waals surface area (Å²) in [5.74, 6) is -0.369. The monoisotopic (exact) mass is 513 g/mol. The number of aliphatic hydroxyl groups excluding tert-OH is 1. The van der Waals surface area contributed by atoms with Gasteiger partial charge in [-0.05, 0) is 82.0 Å². The van der Waals surface area contributed by atoms with Crippen molar-refractivity contribution in [1.82, 2.24) is 10.2 Å². The molecule has 0 aliphatic carbocycles. The van der Waals surface area contributed by atoms with Crippen LogP contribution in [0.25, 0.3) is 0 Å². The van der Waals surface area contributed by atoms with Gasteiger partial charge in [0.25, 0.3) is 5.91 Å². The van der Waals surface area contributed by atoms with Crippen molar-refractivity contribution in [2.45, 2.75) is 65.6 Å². The third kappa shape index (κ3) is 8.21. The minimum Gasteiger partial charge on any atom is -0.497 e. The number of anilines is 1. The zero-order chi connectivity index (χ0) is 27.8. The summed E-state index contributed by atoms with van der Waals surface area (Å²) in [4.78, 5) is 41.3. The first-order valence-electron chi connectivity index (χ1n) is 12.3. The number of nitrogens with one attached hydrogen (secondary N) is 2. The van der Waals surface area contributed by atoms with Crippen LogP contribution in [0.5, 0.6) is 5.75 Å². The molecule has 0 saturated carbocycles. The second kappa shape index (κ2) is 13.1. The molecule has 9 heteroatoms. The second-order valence-corrected chi connectivity index (χ2v) is 9.82. The number of aryl methyl sites for hydroxylation is 1. The Morgan fingerprint density at radius 1 is 1.05 bits per heavy atom. The van der Waals surface area contributed by atoms with Crippen molar-refractivity contribution >= 4 is 23.6 Å². The van der Waals surface area contributed by atoms with E-state index in [0.717, 1.165) is 11.1 Å². The maximum atomic E-state index is 13.8. The van der Waals surface area contributed by atoms with Crippen molar-refractivity contribution < 1.29 is 29.0 Å². The number of benzene rings is 2. The number of aliphatic hydroxyl groups is 1. The normalized spacial score (nSPS) is 12.8. The van der Waals surface area contributed by atoms with Crippen molar-refractivity contribution in [2.75, 3.05) is 25.6 Å². The molecule has 0 aromatic heterocycles. The highest BCUT2D eigenvalue weighted by molar-refractivity contribution is 5.99. The van der Waals surface area contributed by atoms with Gasteiger partial charge in [0, 0.05) is 12.2 Å². The van der Waals surface area contributed by atoms with Crippen LogP contribution in [0.15, 0.2) is 42.5 Å². The van der Waals surface area contributed by atoms with Crippen LogP contribution in [0.2, 0.25) is 0 Å². The molecule has 0 heterocycles. The smallest absolute Gasteiger partial charge is 0.408 e. The van der Waals surface area contributed by atoms with E-state index in [-0.39, 0.29) is 6.54 Å². The van der Waals surface area contributed by atoms with Crippen molar-refractivity contribution in [1.29, 1.82) is 0 Å². The predicted octanol–water partition coefficient (Wildman–Crippen LogP) is 4.12. The lowest BCUT2D eigenvalue weighted by atomic mass is 9.95. The minimum atomic E-state index is -1.29. The minimum absolute atomic E-state index is 0.222. The molecule has 202 valence electrons. The van der Waals surface area contributed by atoms with Crippen LogP contribution in [0.3, 0.4) is 0 Å². The van der Waals surface area contributed by atoms with Crippen LogP contribution in [0.4, 0.5) is 10.5 Å². The number of ether oxygens (including phenoxy) is 2. The summed E-state index contributed by atoms with van der Waals surface area (Å²) < 4.78 is 10.5. The van der Waals surface area contributed by atoms with Gasteiger partial charge < -0.3 is 30.1 Å². The largest absolute Gasteiger partial charge is 0.497 e. The molecule has 0 aliphatic rings. The summed E-state index contributed by atoms with van der Waals surface area (Å²) in [7, 11) is 1.56. The Kier molecular flexibility index (Phi) is 10.5. The summed E-state index contributed by atoms with van der Waals surface area (Å²) in [5.41, 5.74) is 2.24. The molecule has 9 nitrogen and oxygen atoms in total.